The van der Waals surface area contributed by atoms with Crippen LogP contribution in [0.4, 0.5) is 0 Å². The summed E-state index contributed by atoms with van der Waals surface area (Å²) in [6, 6.07) is -1.45. The molecule has 11 heteroatoms. The number of hydrogen-bond donors (Lipinski definition) is 4. The molecule has 0 aromatic heterocycles. The first-order chi connectivity index (χ1) is 15.6. The van der Waals surface area contributed by atoms with Crippen molar-refractivity contribution in [2.75, 3.05) is 33.5 Å². The van der Waals surface area contributed by atoms with Gasteiger partial charge in [0.15, 0.2) is 0 Å². The Morgan fingerprint density at radius 3 is 1.91 bits per heavy atom. The Labute approximate surface area is 198 Å². The fourth-order valence-electron chi connectivity index (χ4n) is 3.10. The molecule has 33 heavy (non-hydrogen) atoms. The van der Waals surface area contributed by atoms with Gasteiger partial charge in [-0.15, -0.1) is 0 Å². The third kappa shape index (κ3) is 20.5. The van der Waals surface area contributed by atoms with Crippen molar-refractivity contribution in [3.05, 3.63) is 0 Å². The molecule has 0 spiro atoms. The van der Waals surface area contributed by atoms with Gasteiger partial charge in [0.1, 0.15) is 12.1 Å². The number of unbranched alkanes of at least 4 members (excludes halogenated alkanes) is 7. The number of hydrogen-bond acceptors (Lipinski definition) is 8. The minimum Gasteiger partial charge on any atom is -0.480 e. The normalized spacial score (nSPS) is 16.5. The topological polar surface area (TPSA) is 158 Å². The highest BCUT2D eigenvalue weighted by molar-refractivity contribution is 7.47. The van der Waals surface area contributed by atoms with E-state index in [9.17, 15) is 19.4 Å². The number of phosphoric acid groups is 1. The van der Waals surface area contributed by atoms with Crippen LogP contribution in [0.3, 0.4) is 0 Å². The van der Waals surface area contributed by atoms with Crippen molar-refractivity contribution in [1.82, 2.24) is 0 Å². The lowest BCUT2D eigenvalue weighted by Crippen LogP contribution is -2.34. The van der Waals surface area contributed by atoms with Crippen LogP contribution in [0.2, 0.25) is 0 Å². The van der Waals surface area contributed by atoms with Crippen LogP contribution in [-0.2, 0) is 27.9 Å². The van der Waals surface area contributed by atoms with Crippen molar-refractivity contribution < 1.29 is 43.0 Å². The van der Waals surface area contributed by atoms with Gasteiger partial charge in [-0.25, -0.2) is 4.57 Å². The first kappa shape index (κ1) is 32.4. The van der Waals surface area contributed by atoms with E-state index in [-0.39, 0.29) is 12.7 Å². The highest BCUT2D eigenvalue weighted by atomic mass is 31.2. The standard InChI is InChI=1S/C22H46NO9P/c1-18(2)12-10-8-6-4-5-7-9-11-13-20(29-3)16-30-14-19(24)15-31-33(27,28)32-17-21(23)22(25)26/h18-21,24H,4-17,23H2,1-3H3,(H,25,26)(H,27,28)/t19-,20?,21+/m1/s1. The molecular weight excluding hydrogens is 453 g/mol. The van der Waals surface area contributed by atoms with E-state index in [4.69, 9.17) is 20.3 Å². The number of aliphatic hydroxyl groups excluding tert-OH is 1. The molecule has 0 heterocycles. The average Bonchev–Trinajstić information content (AvgIpc) is 2.75. The lowest BCUT2D eigenvalue weighted by molar-refractivity contribution is -0.139. The van der Waals surface area contributed by atoms with E-state index in [2.05, 4.69) is 22.9 Å². The van der Waals surface area contributed by atoms with Gasteiger partial charge in [0, 0.05) is 7.11 Å². The number of ether oxygens (including phenoxy) is 2. The number of carbonyl (C=O) groups is 1. The second-order valence-electron chi connectivity index (χ2n) is 8.85. The molecule has 0 bridgehead atoms. The Bertz CT molecular complexity index is 536. The summed E-state index contributed by atoms with van der Waals surface area (Å²) in [5, 5.41) is 18.5. The summed E-state index contributed by atoms with van der Waals surface area (Å²) in [7, 11) is -2.90. The number of carboxylic acids is 1. The van der Waals surface area contributed by atoms with Crippen LogP contribution < -0.4 is 5.73 Å². The van der Waals surface area contributed by atoms with Gasteiger partial charge in [-0.3, -0.25) is 13.8 Å². The van der Waals surface area contributed by atoms with Crippen LogP contribution in [0.25, 0.3) is 0 Å². The zero-order chi connectivity index (χ0) is 25.1. The number of methoxy groups -OCH3 is 1. The Morgan fingerprint density at radius 1 is 0.879 bits per heavy atom. The van der Waals surface area contributed by atoms with E-state index in [1.807, 2.05) is 0 Å². The fourth-order valence-corrected chi connectivity index (χ4v) is 3.89. The van der Waals surface area contributed by atoms with Gasteiger partial charge < -0.3 is 30.3 Å². The van der Waals surface area contributed by atoms with Gasteiger partial charge in [0.2, 0.25) is 0 Å². The summed E-state index contributed by atoms with van der Waals surface area (Å²) in [4.78, 5) is 20.0. The highest BCUT2D eigenvalue weighted by Gasteiger charge is 2.25. The third-order valence-corrected chi connectivity index (χ3v) is 6.12. The van der Waals surface area contributed by atoms with E-state index >= 15 is 0 Å². The molecular formula is C22H46NO9P. The largest absolute Gasteiger partial charge is 0.480 e. The summed E-state index contributed by atoms with van der Waals surface area (Å²) in [5.74, 6) is -0.571. The first-order valence-corrected chi connectivity index (χ1v) is 13.5. The maximum Gasteiger partial charge on any atom is 0.472 e. The first-order valence-electron chi connectivity index (χ1n) is 12.0. The Balaban J connectivity index is 3.77. The smallest absolute Gasteiger partial charge is 0.472 e. The molecule has 2 unspecified atom stereocenters. The van der Waals surface area contributed by atoms with E-state index in [1.54, 1.807) is 7.11 Å². The second-order valence-corrected chi connectivity index (χ2v) is 10.3. The third-order valence-electron chi connectivity index (χ3n) is 5.17. The van der Waals surface area contributed by atoms with Gasteiger partial charge in [-0.05, 0) is 12.3 Å². The number of aliphatic carboxylic acids is 1. The lowest BCUT2D eigenvalue weighted by atomic mass is 10.0. The summed E-state index contributed by atoms with van der Waals surface area (Å²) in [5.41, 5.74) is 5.18. The summed E-state index contributed by atoms with van der Waals surface area (Å²) in [6.07, 6.45) is 10.9. The van der Waals surface area contributed by atoms with Crippen molar-refractivity contribution in [3.8, 4) is 0 Å². The highest BCUT2D eigenvalue weighted by Crippen LogP contribution is 2.43. The quantitative estimate of drug-likeness (QED) is 0.121. The summed E-state index contributed by atoms with van der Waals surface area (Å²) in [6.45, 7) is 3.53. The van der Waals surface area contributed by atoms with Crippen LogP contribution in [0, 0.1) is 5.92 Å². The molecule has 4 atom stereocenters. The Kier molecular flexibility index (Phi) is 19.4. The van der Waals surface area contributed by atoms with Crippen LogP contribution in [-0.4, -0.2) is 72.9 Å². The molecule has 0 fully saturated rings. The van der Waals surface area contributed by atoms with Crippen LogP contribution >= 0.6 is 7.82 Å². The molecule has 198 valence electrons. The van der Waals surface area contributed by atoms with Crippen LogP contribution in [0.5, 0.6) is 0 Å². The van der Waals surface area contributed by atoms with Crippen molar-refractivity contribution in [2.45, 2.75) is 96.3 Å². The van der Waals surface area contributed by atoms with E-state index in [0.29, 0.717) is 6.61 Å². The zero-order valence-electron chi connectivity index (χ0n) is 20.5. The predicted molar refractivity (Wildman–Crippen MR) is 126 cm³/mol. The molecule has 10 nitrogen and oxygen atoms in total. The number of nitrogens with two attached hydrogens (primary N) is 1. The Hall–Kier alpha value is -0.580. The minimum atomic E-state index is -4.52. The molecule has 0 aliphatic carbocycles. The van der Waals surface area contributed by atoms with E-state index in [1.165, 1.54) is 44.9 Å². The zero-order valence-corrected chi connectivity index (χ0v) is 21.4. The summed E-state index contributed by atoms with van der Waals surface area (Å²) < 4.78 is 31.6. The molecule has 5 N–H and O–H groups in total. The number of phosphoric ester groups is 1. The second kappa shape index (κ2) is 19.7. The van der Waals surface area contributed by atoms with Crippen LogP contribution in [0.15, 0.2) is 0 Å². The Morgan fingerprint density at radius 2 is 1.39 bits per heavy atom. The van der Waals surface area contributed by atoms with E-state index < -0.39 is 39.2 Å². The maximum atomic E-state index is 11.6. The molecule has 0 amide bonds. The summed E-state index contributed by atoms with van der Waals surface area (Å²) >= 11 is 0. The van der Waals surface area contributed by atoms with Crippen molar-refractivity contribution in [1.29, 1.82) is 0 Å². The van der Waals surface area contributed by atoms with Crippen molar-refractivity contribution >= 4 is 13.8 Å². The molecule has 0 radical (unpaired) electrons. The molecule has 0 aliphatic heterocycles. The number of aliphatic hydroxyl groups is 1. The molecule has 0 aromatic carbocycles. The lowest BCUT2D eigenvalue weighted by Gasteiger charge is -2.18. The van der Waals surface area contributed by atoms with Gasteiger partial charge in [0.25, 0.3) is 0 Å². The SMILES string of the molecule is COC(CCCCCCCCCCC(C)C)COC[C@@H](O)COP(=O)(O)OC[C@H](N)C(=O)O. The molecule has 0 saturated carbocycles. The maximum absolute atomic E-state index is 11.6. The molecule has 0 aliphatic rings. The van der Waals surface area contributed by atoms with Crippen molar-refractivity contribution in [2.24, 2.45) is 11.7 Å². The fraction of sp³-hybridized carbons (Fsp3) is 0.955. The molecule has 0 saturated heterocycles. The number of rotatable bonds is 23. The van der Waals surface area contributed by atoms with Crippen LogP contribution in [0.1, 0.15) is 78.1 Å². The van der Waals surface area contributed by atoms with E-state index in [0.717, 1.165) is 25.2 Å². The van der Waals surface area contributed by atoms with Gasteiger partial charge in [0.05, 0.1) is 32.5 Å². The predicted octanol–water partition coefficient (Wildman–Crippen LogP) is 3.48. The van der Waals surface area contributed by atoms with Gasteiger partial charge in [-0.1, -0.05) is 71.6 Å². The van der Waals surface area contributed by atoms with Gasteiger partial charge >= 0.3 is 13.8 Å². The number of carboxylic acid groups (broad SMARTS) is 1. The average molecular weight is 500 g/mol. The minimum absolute atomic E-state index is 0.0843. The molecule has 0 rings (SSSR count). The van der Waals surface area contributed by atoms with Gasteiger partial charge in [-0.2, -0.15) is 0 Å². The monoisotopic (exact) mass is 499 g/mol. The molecule has 0 aromatic rings. The van der Waals surface area contributed by atoms with Crippen molar-refractivity contribution in [3.63, 3.8) is 0 Å².